The number of thioether (sulfide) groups is 1. The topological polar surface area (TPSA) is 235 Å². The third-order valence-electron chi connectivity index (χ3n) is 3.78. The van der Waals surface area contributed by atoms with Gasteiger partial charge < -0.3 is 43.4 Å². The molecule has 3 unspecified atom stereocenters. The molecule has 0 aliphatic carbocycles. The van der Waals surface area contributed by atoms with Gasteiger partial charge in [-0.3, -0.25) is 19.4 Å². The first-order valence-electron chi connectivity index (χ1n) is 9.13. The van der Waals surface area contributed by atoms with Crippen LogP contribution in [0.3, 0.4) is 0 Å². The summed E-state index contributed by atoms with van der Waals surface area (Å²) in [7, 11) is 0. The number of aliphatic carboxylic acids is 1. The van der Waals surface area contributed by atoms with Gasteiger partial charge in [0.25, 0.3) is 0 Å². The lowest BCUT2D eigenvalue weighted by atomic mass is 10.1. The quantitative estimate of drug-likeness (QED) is 0.0691. The minimum Gasteiger partial charge on any atom is -0.480 e. The molecule has 0 rings (SSSR count). The lowest BCUT2D eigenvalue weighted by Gasteiger charge is -2.20. The Morgan fingerprint density at radius 2 is 1.73 bits per heavy atom. The summed E-state index contributed by atoms with van der Waals surface area (Å²) >= 11 is 1.45. The maximum atomic E-state index is 12.3. The molecule has 0 bridgehead atoms. The maximum absolute atomic E-state index is 12.3. The van der Waals surface area contributed by atoms with E-state index in [1.807, 2.05) is 6.26 Å². The molecule has 0 aliphatic rings. The third kappa shape index (κ3) is 12.1. The predicted molar refractivity (Wildman–Crippen MR) is 112 cm³/mol. The van der Waals surface area contributed by atoms with Gasteiger partial charge in [-0.05, 0) is 31.3 Å². The van der Waals surface area contributed by atoms with Gasteiger partial charge in [0.1, 0.15) is 18.1 Å². The van der Waals surface area contributed by atoms with Crippen LogP contribution < -0.4 is 33.2 Å². The van der Waals surface area contributed by atoms with Gasteiger partial charge in [0.15, 0.2) is 5.96 Å². The summed E-state index contributed by atoms with van der Waals surface area (Å²) in [6.45, 7) is -0.843. The van der Waals surface area contributed by atoms with Gasteiger partial charge in [-0.1, -0.05) is 0 Å². The van der Waals surface area contributed by atoms with Gasteiger partial charge in [0.2, 0.25) is 17.7 Å². The molecular formula is C16H31N7O6S. The van der Waals surface area contributed by atoms with E-state index in [0.29, 0.717) is 12.2 Å². The second kappa shape index (κ2) is 15.3. The Kier molecular flexibility index (Phi) is 14.0. The first-order chi connectivity index (χ1) is 14.1. The lowest BCUT2D eigenvalue weighted by molar-refractivity contribution is -0.142. The molecule has 0 aromatic carbocycles. The zero-order chi connectivity index (χ0) is 23.1. The van der Waals surface area contributed by atoms with Crippen molar-refractivity contribution in [3.63, 3.8) is 0 Å². The van der Waals surface area contributed by atoms with Crippen molar-refractivity contribution >= 4 is 41.4 Å². The molecule has 0 aliphatic heterocycles. The highest BCUT2D eigenvalue weighted by molar-refractivity contribution is 7.98. The van der Waals surface area contributed by atoms with Crippen molar-refractivity contribution in [3.05, 3.63) is 0 Å². The van der Waals surface area contributed by atoms with Crippen LogP contribution in [0.1, 0.15) is 19.3 Å². The summed E-state index contributed by atoms with van der Waals surface area (Å²) in [5.41, 5.74) is 15.8. The van der Waals surface area contributed by atoms with Crippen molar-refractivity contribution in [1.29, 1.82) is 0 Å². The fourth-order valence-corrected chi connectivity index (χ4v) is 2.63. The van der Waals surface area contributed by atoms with Crippen molar-refractivity contribution in [3.8, 4) is 0 Å². The molecule has 0 aromatic rings. The Bertz CT molecular complexity index is 615. The summed E-state index contributed by atoms with van der Waals surface area (Å²) < 4.78 is 0. The number of aliphatic hydroxyl groups is 1. The largest absolute Gasteiger partial charge is 0.480 e. The van der Waals surface area contributed by atoms with Crippen LogP contribution in [-0.4, -0.2) is 89.7 Å². The van der Waals surface area contributed by atoms with Crippen molar-refractivity contribution in [2.45, 2.75) is 37.4 Å². The van der Waals surface area contributed by atoms with Crippen molar-refractivity contribution in [1.82, 2.24) is 16.0 Å². The van der Waals surface area contributed by atoms with E-state index in [-0.39, 0.29) is 25.3 Å². The van der Waals surface area contributed by atoms with Gasteiger partial charge in [-0.2, -0.15) is 11.8 Å². The van der Waals surface area contributed by atoms with Crippen LogP contribution in [0.2, 0.25) is 0 Å². The molecule has 13 nitrogen and oxygen atoms in total. The monoisotopic (exact) mass is 449 g/mol. The van der Waals surface area contributed by atoms with Crippen LogP contribution in [0.4, 0.5) is 0 Å². The fraction of sp³-hybridized carbons (Fsp3) is 0.688. The maximum Gasteiger partial charge on any atom is 0.326 e. The van der Waals surface area contributed by atoms with Crippen LogP contribution in [0, 0.1) is 0 Å². The van der Waals surface area contributed by atoms with E-state index in [1.54, 1.807) is 0 Å². The number of amides is 3. The number of aliphatic hydroxyl groups excluding tert-OH is 1. The van der Waals surface area contributed by atoms with E-state index in [2.05, 4.69) is 20.9 Å². The Morgan fingerprint density at radius 1 is 1.07 bits per heavy atom. The van der Waals surface area contributed by atoms with Gasteiger partial charge >= 0.3 is 5.97 Å². The number of carbonyl (C=O) groups is 4. The molecule has 30 heavy (non-hydrogen) atoms. The highest BCUT2D eigenvalue weighted by Crippen LogP contribution is 2.02. The Morgan fingerprint density at radius 3 is 2.27 bits per heavy atom. The molecule has 3 amide bonds. The zero-order valence-corrected chi connectivity index (χ0v) is 17.6. The van der Waals surface area contributed by atoms with E-state index in [4.69, 9.17) is 22.3 Å². The van der Waals surface area contributed by atoms with Crippen LogP contribution in [0.5, 0.6) is 0 Å². The standard InChI is InChI=1S/C16H31N7O6S/c1-30-6-4-10(23-13(26)9(17)8-24)14(27)21-7-12(25)22-11(15(28)29)3-2-5-20-16(18)19/h9-11,24H,2-8,17H2,1H3,(H,21,27)(H,22,25)(H,23,26)(H,28,29)(H4,18,19,20). The summed E-state index contributed by atoms with van der Waals surface area (Å²) in [6.07, 6.45) is 2.52. The van der Waals surface area contributed by atoms with E-state index in [0.717, 1.165) is 0 Å². The zero-order valence-electron chi connectivity index (χ0n) is 16.8. The van der Waals surface area contributed by atoms with Crippen molar-refractivity contribution in [2.75, 3.05) is 31.7 Å². The van der Waals surface area contributed by atoms with Gasteiger partial charge in [-0.15, -0.1) is 0 Å². The van der Waals surface area contributed by atoms with Gasteiger partial charge in [0, 0.05) is 6.54 Å². The number of aliphatic imine (C=N–C) groups is 1. The summed E-state index contributed by atoms with van der Waals surface area (Å²) in [5.74, 6) is -2.83. The number of carbonyl (C=O) groups excluding carboxylic acids is 3. The minimum absolute atomic E-state index is 0.0945. The highest BCUT2D eigenvalue weighted by Gasteiger charge is 2.24. The van der Waals surface area contributed by atoms with E-state index in [1.165, 1.54) is 11.8 Å². The minimum atomic E-state index is -1.23. The Hall–Kier alpha value is -2.58. The SMILES string of the molecule is CSCCC(NC(=O)C(N)CO)C(=O)NCC(=O)NC(CCCN=C(N)N)C(=O)O. The predicted octanol–water partition coefficient (Wildman–Crippen LogP) is -3.72. The number of rotatable bonds is 15. The molecule has 14 heteroatoms. The Labute approximate surface area is 178 Å². The number of nitrogens with zero attached hydrogens (tertiary/aromatic N) is 1. The number of hydrogen-bond donors (Lipinski definition) is 8. The average Bonchev–Trinajstić information content (AvgIpc) is 2.70. The number of guanidine groups is 1. The van der Waals surface area contributed by atoms with Crippen LogP contribution in [0.15, 0.2) is 4.99 Å². The fourth-order valence-electron chi connectivity index (χ4n) is 2.16. The van der Waals surface area contributed by atoms with Crippen LogP contribution in [0.25, 0.3) is 0 Å². The highest BCUT2D eigenvalue weighted by atomic mass is 32.2. The molecule has 0 fully saturated rings. The molecule has 11 N–H and O–H groups in total. The molecular weight excluding hydrogens is 418 g/mol. The van der Waals surface area contributed by atoms with Crippen molar-refractivity contribution in [2.24, 2.45) is 22.2 Å². The van der Waals surface area contributed by atoms with E-state index in [9.17, 15) is 24.3 Å². The van der Waals surface area contributed by atoms with Gasteiger partial charge in [-0.25, -0.2) is 4.79 Å². The summed E-state index contributed by atoms with van der Waals surface area (Å²) in [4.78, 5) is 51.2. The average molecular weight is 450 g/mol. The number of hydrogen-bond acceptors (Lipinski definition) is 8. The molecule has 3 atom stereocenters. The second-order valence-electron chi connectivity index (χ2n) is 6.26. The number of nitrogens with two attached hydrogens (primary N) is 3. The molecule has 0 saturated carbocycles. The first-order valence-corrected chi connectivity index (χ1v) is 10.5. The lowest BCUT2D eigenvalue weighted by Crippen LogP contribution is -2.54. The molecule has 0 heterocycles. The Balaban J connectivity index is 4.68. The molecule has 0 radical (unpaired) electrons. The smallest absolute Gasteiger partial charge is 0.326 e. The molecule has 0 saturated heterocycles. The molecule has 172 valence electrons. The van der Waals surface area contributed by atoms with E-state index >= 15 is 0 Å². The number of carboxylic acids is 1. The summed E-state index contributed by atoms with van der Waals surface area (Å²) in [6, 6.07) is -3.29. The van der Waals surface area contributed by atoms with Crippen LogP contribution in [-0.2, 0) is 19.2 Å². The van der Waals surface area contributed by atoms with Crippen molar-refractivity contribution < 1.29 is 29.4 Å². The first kappa shape index (κ1) is 27.4. The normalized spacial score (nSPS) is 13.4. The second-order valence-corrected chi connectivity index (χ2v) is 7.24. The third-order valence-corrected chi connectivity index (χ3v) is 4.42. The molecule has 0 aromatic heterocycles. The number of nitrogens with one attached hydrogen (secondary N) is 3. The number of carboxylic acid groups (broad SMARTS) is 1. The van der Waals surface area contributed by atoms with E-state index < -0.39 is 55.0 Å². The molecule has 0 spiro atoms. The van der Waals surface area contributed by atoms with Crippen LogP contribution >= 0.6 is 11.8 Å². The van der Waals surface area contributed by atoms with Gasteiger partial charge in [0.05, 0.1) is 13.2 Å². The summed E-state index contributed by atoms with van der Waals surface area (Å²) in [5, 5.41) is 25.2.